The van der Waals surface area contributed by atoms with Crippen molar-refractivity contribution < 1.29 is 5.21 Å². The Hall–Kier alpha value is -1.02. The fourth-order valence-electron chi connectivity index (χ4n) is 0.759. The molecule has 0 aliphatic rings. The van der Waals surface area contributed by atoms with Gasteiger partial charge < -0.3 is 5.21 Å². The minimum absolute atomic E-state index is 0.510. The summed E-state index contributed by atoms with van der Waals surface area (Å²) in [6, 6.07) is 7.48. The van der Waals surface area contributed by atoms with Gasteiger partial charge in [-0.15, -0.1) is 11.6 Å². The van der Waals surface area contributed by atoms with Crippen molar-refractivity contribution in [1.82, 2.24) is 0 Å². The van der Waals surface area contributed by atoms with Gasteiger partial charge in [0.25, 0.3) is 0 Å². The van der Waals surface area contributed by atoms with Gasteiger partial charge in [0.05, 0.1) is 6.21 Å². The summed E-state index contributed by atoms with van der Waals surface area (Å²) in [6.07, 6.45) is 1.37. The molecule has 0 saturated heterocycles. The fraction of sp³-hybridized carbons (Fsp3) is 0.125. The molecule has 0 fully saturated rings. The monoisotopic (exact) mass is 169 g/mol. The van der Waals surface area contributed by atoms with Gasteiger partial charge in [-0.3, -0.25) is 0 Å². The van der Waals surface area contributed by atoms with Gasteiger partial charge in [-0.1, -0.05) is 29.4 Å². The second-order valence-electron chi connectivity index (χ2n) is 2.12. The van der Waals surface area contributed by atoms with Crippen LogP contribution in [0.5, 0.6) is 0 Å². The molecule has 0 aliphatic heterocycles. The highest BCUT2D eigenvalue weighted by Gasteiger charge is 1.89. The van der Waals surface area contributed by atoms with E-state index in [2.05, 4.69) is 5.16 Å². The zero-order valence-corrected chi connectivity index (χ0v) is 6.62. The molecule has 11 heavy (non-hydrogen) atoms. The standard InChI is InChI=1S/C8H8ClNO/c9-5-7-1-3-8(4-2-7)6-10-11/h1-4,6,11H,5H2. The van der Waals surface area contributed by atoms with E-state index in [1.165, 1.54) is 6.21 Å². The first kappa shape index (κ1) is 8.08. The molecule has 1 aromatic rings. The lowest BCUT2D eigenvalue weighted by Gasteiger charge is -1.94. The van der Waals surface area contributed by atoms with Crippen LogP contribution in [0, 0.1) is 0 Å². The number of alkyl halides is 1. The molecule has 58 valence electrons. The summed E-state index contributed by atoms with van der Waals surface area (Å²) in [5.41, 5.74) is 1.92. The zero-order valence-electron chi connectivity index (χ0n) is 5.87. The summed E-state index contributed by atoms with van der Waals surface area (Å²) in [4.78, 5) is 0. The summed E-state index contributed by atoms with van der Waals surface area (Å²) in [5.74, 6) is 0.510. The molecule has 1 rings (SSSR count). The fourth-order valence-corrected chi connectivity index (χ4v) is 0.938. The Morgan fingerprint density at radius 1 is 1.36 bits per heavy atom. The molecule has 3 heteroatoms. The number of benzene rings is 1. The van der Waals surface area contributed by atoms with E-state index in [9.17, 15) is 0 Å². The quantitative estimate of drug-likeness (QED) is 0.313. The first-order valence-electron chi connectivity index (χ1n) is 3.19. The Bertz CT molecular complexity index is 243. The number of oxime groups is 1. The minimum atomic E-state index is 0.510. The predicted octanol–water partition coefficient (Wildman–Crippen LogP) is 2.23. The molecule has 2 nitrogen and oxygen atoms in total. The molecule has 1 N–H and O–H groups in total. The van der Waals surface area contributed by atoms with Crippen LogP contribution in [0.15, 0.2) is 29.4 Å². The maximum Gasteiger partial charge on any atom is 0.0733 e. The topological polar surface area (TPSA) is 32.6 Å². The van der Waals surface area contributed by atoms with E-state index in [4.69, 9.17) is 16.8 Å². The number of hydrogen-bond acceptors (Lipinski definition) is 2. The molecule has 0 atom stereocenters. The molecule has 0 spiro atoms. The Labute approximate surface area is 70.1 Å². The van der Waals surface area contributed by atoms with Gasteiger partial charge in [-0.05, 0) is 11.1 Å². The van der Waals surface area contributed by atoms with Crippen molar-refractivity contribution in [3.63, 3.8) is 0 Å². The van der Waals surface area contributed by atoms with Gasteiger partial charge in [0.15, 0.2) is 0 Å². The van der Waals surface area contributed by atoms with E-state index in [-0.39, 0.29) is 0 Å². The van der Waals surface area contributed by atoms with Crippen LogP contribution in [0.1, 0.15) is 11.1 Å². The molecule has 0 aliphatic carbocycles. The van der Waals surface area contributed by atoms with Crippen LogP contribution in [0.3, 0.4) is 0 Å². The van der Waals surface area contributed by atoms with Crippen LogP contribution in [0.25, 0.3) is 0 Å². The van der Waals surface area contributed by atoms with E-state index in [1.54, 1.807) is 0 Å². The summed E-state index contributed by atoms with van der Waals surface area (Å²) >= 11 is 5.57. The molecule has 0 saturated carbocycles. The van der Waals surface area contributed by atoms with Crippen molar-refractivity contribution in [2.45, 2.75) is 5.88 Å². The van der Waals surface area contributed by atoms with Crippen LogP contribution < -0.4 is 0 Å². The molecule has 1 aromatic carbocycles. The Balaban J connectivity index is 2.82. The van der Waals surface area contributed by atoms with Crippen LogP contribution in [0.2, 0.25) is 0 Å². The largest absolute Gasteiger partial charge is 0.411 e. The van der Waals surface area contributed by atoms with Crippen molar-refractivity contribution in [3.8, 4) is 0 Å². The van der Waals surface area contributed by atoms with Gasteiger partial charge in [-0.2, -0.15) is 0 Å². The molecule has 0 unspecified atom stereocenters. The average Bonchev–Trinajstić information content (AvgIpc) is 2.07. The SMILES string of the molecule is ON=Cc1ccc(CCl)cc1. The van der Waals surface area contributed by atoms with Crippen molar-refractivity contribution in [2.75, 3.05) is 0 Å². The first-order valence-corrected chi connectivity index (χ1v) is 3.72. The van der Waals surface area contributed by atoms with E-state index in [1.807, 2.05) is 24.3 Å². The average molecular weight is 170 g/mol. The number of nitrogens with zero attached hydrogens (tertiary/aromatic N) is 1. The van der Waals surface area contributed by atoms with Crippen molar-refractivity contribution >= 4 is 17.8 Å². The first-order chi connectivity index (χ1) is 5.36. The van der Waals surface area contributed by atoms with E-state index >= 15 is 0 Å². The summed E-state index contributed by atoms with van der Waals surface area (Å²) < 4.78 is 0. The lowest BCUT2D eigenvalue weighted by atomic mass is 10.2. The van der Waals surface area contributed by atoms with Gasteiger partial charge in [0.2, 0.25) is 0 Å². The highest BCUT2D eigenvalue weighted by atomic mass is 35.5. The second kappa shape index (κ2) is 3.98. The minimum Gasteiger partial charge on any atom is -0.411 e. The highest BCUT2D eigenvalue weighted by Crippen LogP contribution is 2.04. The van der Waals surface area contributed by atoms with Crippen molar-refractivity contribution in [3.05, 3.63) is 35.4 Å². The number of halogens is 1. The van der Waals surface area contributed by atoms with E-state index < -0.39 is 0 Å². The molecule has 0 bridgehead atoms. The Morgan fingerprint density at radius 3 is 2.45 bits per heavy atom. The van der Waals surface area contributed by atoms with Crippen LogP contribution in [0.4, 0.5) is 0 Å². The summed E-state index contributed by atoms with van der Waals surface area (Å²) in [7, 11) is 0. The number of rotatable bonds is 2. The maximum atomic E-state index is 8.19. The smallest absolute Gasteiger partial charge is 0.0733 e. The third-order valence-electron chi connectivity index (χ3n) is 1.34. The predicted molar refractivity (Wildman–Crippen MR) is 45.4 cm³/mol. The van der Waals surface area contributed by atoms with Crippen LogP contribution in [-0.2, 0) is 5.88 Å². The van der Waals surface area contributed by atoms with Gasteiger partial charge in [0, 0.05) is 5.88 Å². The lowest BCUT2D eigenvalue weighted by Crippen LogP contribution is -1.82. The molecular weight excluding hydrogens is 162 g/mol. The zero-order chi connectivity index (χ0) is 8.10. The number of hydrogen-bond donors (Lipinski definition) is 1. The van der Waals surface area contributed by atoms with E-state index in [0.717, 1.165) is 11.1 Å². The van der Waals surface area contributed by atoms with Crippen molar-refractivity contribution in [1.29, 1.82) is 0 Å². The molecule has 0 radical (unpaired) electrons. The Morgan fingerprint density at radius 2 is 2.00 bits per heavy atom. The normalized spacial score (nSPS) is 10.6. The highest BCUT2D eigenvalue weighted by molar-refractivity contribution is 6.17. The molecular formula is C8H8ClNO. The van der Waals surface area contributed by atoms with Crippen molar-refractivity contribution in [2.24, 2.45) is 5.16 Å². The van der Waals surface area contributed by atoms with Gasteiger partial charge >= 0.3 is 0 Å². The molecule has 0 heterocycles. The Kier molecular flexibility index (Phi) is 2.93. The third kappa shape index (κ3) is 2.24. The molecule has 0 aromatic heterocycles. The van der Waals surface area contributed by atoms with Crippen LogP contribution in [-0.4, -0.2) is 11.4 Å². The van der Waals surface area contributed by atoms with E-state index in [0.29, 0.717) is 5.88 Å². The maximum absolute atomic E-state index is 8.19. The van der Waals surface area contributed by atoms with Gasteiger partial charge in [-0.25, -0.2) is 0 Å². The van der Waals surface area contributed by atoms with Gasteiger partial charge in [0.1, 0.15) is 0 Å². The summed E-state index contributed by atoms with van der Waals surface area (Å²) in [6.45, 7) is 0. The van der Waals surface area contributed by atoms with Crippen LogP contribution >= 0.6 is 11.6 Å². The lowest BCUT2D eigenvalue weighted by molar-refractivity contribution is 0.322. The summed E-state index contributed by atoms with van der Waals surface area (Å²) in [5, 5.41) is 11.1. The molecule has 0 amide bonds. The third-order valence-corrected chi connectivity index (χ3v) is 1.65. The second-order valence-corrected chi connectivity index (χ2v) is 2.39.